The first-order valence-electron chi connectivity index (χ1n) is 7.61. The van der Waals surface area contributed by atoms with E-state index >= 15 is 0 Å². The van der Waals surface area contributed by atoms with Crippen molar-refractivity contribution in [3.63, 3.8) is 0 Å². The molecule has 6 heteroatoms. The van der Waals surface area contributed by atoms with Gasteiger partial charge in [0.2, 0.25) is 5.91 Å². The number of thiophene rings is 1. The van der Waals surface area contributed by atoms with E-state index in [0.29, 0.717) is 19.7 Å². The predicted octanol–water partition coefficient (Wildman–Crippen LogP) is 2.59. The highest BCUT2D eigenvalue weighted by atomic mass is 32.1. The number of carbonyl (C=O) groups is 2. The number of hydrogen-bond acceptors (Lipinski definition) is 4. The van der Waals surface area contributed by atoms with Gasteiger partial charge < -0.3 is 9.64 Å². The van der Waals surface area contributed by atoms with Gasteiger partial charge in [0.25, 0.3) is 0 Å². The van der Waals surface area contributed by atoms with Crippen molar-refractivity contribution in [3.05, 3.63) is 28.5 Å². The van der Waals surface area contributed by atoms with E-state index in [4.69, 9.17) is 4.74 Å². The third-order valence-electron chi connectivity index (χ3n) is 4.24. The smallest absolute Gasteiger partial charge is 0.410 e. The Morgan fingerprint density at radius 2 is 2.18 bits per heavy atom. The molecule has 1 aromatic rings. The molecule has 0 spiro atoms. The van der Waals surface area contributed by atoms with E-state index in [0.717, 1.165) is 17.7 Å². The Hall–Kier alpha value is -1.82. The lowest BCUT2D eigenvalue weighted by Gasteiger charge is -2.36. The van der Waals surface area contributed by atoms with Gasteiger partial charge in [-0.1, -0.05) is 6.07 Å². The van der Waals surface area contributed by atoms with Crippen LogP contribution in [0.1, 0.15) is 24.6 Å². The third kappa shape index (κ3) is 3.16. The van der Waals surface area contributed by atoms with E-state index in [2.05, 4.69) is 0 Å². The Labute approximate surface area is 134 Å². The SMILES string of the molecule is CC1COC(=O)N1C1CCN(C(=O)/C=C/c2cccs2)CC1. The van der Waals surface area contributed by atoms with Crippen molar-refractivity contribution in [2.75, 3.05) is 19.7 Å². The second kappa shape index (κ2) is 6.52. The summed E-state index contributed by atoms with van der Waals surface area (Å²) in [5, 5.41) is 1.99. The van der Waals surface area contributed by atoms with Crippen molar-refractivity contribution < 1.29 is 14.3 Å². The lowest BCUT2D eigenvalue weighted by atomic mass is 10.0. The maximum atomic E-state index is 12.2. The number of amides is 2. The molecule has 1 atom stereocenters. The predicted molar refractivity (Wildman–Crippen MR) is 85.6 cm³/mol. The molecule has 2 aliphatic heterocycles. The molecule has 1 aromatic heterocycles. The molecule has 2 fully saturated rings. The van der Waals surface area contributed by atoms with E-state index in [1.165, 1.54) is 0 Å². The molecule has 0 aliphatic carbocycles. The van der Waals surface area contributed by atoms with Crippen LogP contribution in [0.4, 0.5) is 4.79 Å². The van der Waals surface area contributed by atoms with Crippen LogP contribution in [0.2, 0.25) is 0 Å². The average Bonchev–Trinajstić information content (AvgIpc) is 3.15. The molecule has 5 nitrogen and oxygen atoms in total. The summed E-state index contributed by atoms with van der Waals surface area (Å²) in [6.45, 7) is 3.86. The molecule has 0 radical (unpaired) electrons. The summed E-state index contributed by atoms with van der Waals surface area (Å²) in [5.74, 6) is 0.0453. The molecule has 2 amide bonds. The quantitative estimate of drug-likeness (QED) is 0.804. The van der Waals surface area contributed by atoms with E-state index < -0.39 is 0 Å². The largest absolute Gasteiger partial charge is 0.447 e. The molecule has 3 rings (SSSR count). The van der Waals surface area contributed by atoms with Gasteiger partial charge in [-0.2, -0.15) is 0 Å². The van der Waals surface area contributed by atoms with Gasteiger partial charge >= 0.3 is 6.09 Å². The lowest BCUT2D eigenvalue weighted by molar-refractivity contribution is -0.127. The Morgan fingerprint density at radius 3 is 2.77 bits per heavy atom. The number of carbonyl (C=O) groups excluding carboxylic acids is 2. The monoisotopic (exact) mass is 320 g/mol. The maximum Gasteiger partial charge on any atom is 0.410 e. The van der Waals surface area contributed by atoms with Gasteiger partial charge in [-0.25, -0.2) is 4.79 Å². The van der Waals surface area contributed by atoms with Gasteiger partial charge in [-0.3, -0.25) is 9.69 Å². The lowest BCUT2D eigenvalue weighted by Crippen LogP contribution is -2.48. The number of hydrogen-bond donors (Lipinski definition) is 0. The van der Waals surface area contributed by atoms with Gasteiger partial charge in [0.05, 0.1) is 6.04 Å². The van der Waals surface area contributed by atoms with Crippen molar-refractivity contribution in [1.29, 1.82) is 0 Å². The van der Waals surface area contributed by atoms with Gasteiger partial charge in [-0.15, -0.1) is 11.3 Å². The van der Waals surface area contributed by atoms with Gasteiger partial charge in [0.15, 0.2) is 0 Å². The minimum Gasteiger partial charge on any atom is -0.447 e. The van der Waals surface area contributed by atoms with Crippen molar-refractivity contribution in [2.24, 2.45) is 0 Å². The summed E-state index contributed by atoms with van der Waals surface area (Å²) < 4.78 is 5.08. The minimum atomic E-state index is -0.213. The molecular weight excluding hydrogens is 300 g/mol. The Balaban J connectivity index is 1.53. The van der Waals surface area contributed by atoms with Crippen LogP contribution in [0.3, 0.4) is 0 Å². The summed E-state index contributed by atoms with van der Waals surface area (Å²) in [5.41, 5.74) is 0. The van der Waals surface area contributed by atoms with Crippen molar-refractivity contribution in [1.82, 2.24) is 9.80 Å². The van der Waals surface area contributed by atoms with Crippen LogP contribution in [0, 0.1) is 0 Å². The molecule has 3 heterocycles. The summed E-state index contributed by atoms with van der Waals surface area (Å²) in [7, 11) is 0. The highest BCUT2D eigenvalue weighted by Gasteiger charge is 2.37. The number of rotatable bonds is 3. The Morgan fingerprint density at radius 1 is 1.41 bits per heavy atom. The number of likely N-dealkylation sites (tertiary alicyclic amines) is 1. The summed E-state index contributed by atoms with van der Waals surface area (Å²) in [4.78, 5) is 28.7. The third-order valence-corrected chi connectivity index (χ3v) is 5.07. The van der Waals surface area contributed by atoms with Gasteiger partial charge in [0, 0.05) is 30.1 Å². The molecule has 0 bridgehead atoms. The fraction of sp³-hybridized carbons (Fsp3) is 0.500. The van der Waals surface area contributed by atoms with Crippen LogP contribution in [0.25, 0.3) is 6.08 Å². The van der Waals surface area contributed by atoms with Crippen LogP contribution in [-0.2, 0) is 9.53 Å². The Bertz CT molecular complexity index is 562. The van der Waals surface area contributed by atoms with E-state index in [9.17, 15) is 9.59 Å². The Kier molecular flexibility index (Phi) is 4.47. The molecule has 0 saturated carbocycles. The van der Waals surface area contributed by atoms with Gasteiger partial charge in [-0.05, 0) is 37.3 Å². The van der Waals surface area contributed by atoms with E-state index in [1.807, 2.05) is 40.3 Å². The zero-order valence-corrected chi connectivity index (χ0v) is 13.4. The molecular formula is C16H20N2O3S. The number of ether oxygens (including phenoxy) is 1. The molecule has 2 aliphatic rings. The molecule has 0 aromatic carbocycles. The summed E-state index contributed by atoms with van der Waals surface area (Å²) in [6, 6.07) is 4.28. The molecule has 118 valence electrons. The summed E-state index contributed by atoms with van der Waals surface area (Å²) >= 11 is 1.61. The number of nitrogens with zero attached hydrogens (tertiary/aromatic N) is 2. The van der Waals surface area contributed by atoms with Crippen molar-refractivity contribution >= 4 is 29.4 Å². The van der Waals surface area contributed by atoms with Crippen LogP contribution in [0.15, 0.2) is 23.6 Å². The fourth-order valence-electron chi connectivity index (χ4n) is 3.04. The second-order valence-corrected chi connectivity index (χ2v) is 6.72. The zero-order chi connectivity index (χ0) is 15.5. The molecule has 0 N–H and O–H groups in total. The van der Waals surface area contributed by atoms with Crippen LogP contribution < -0.4 is 0 Å². The summed E-state index contributed by atoms with van der Waals surface area (Å²) in [6.07, 6.45) is 4.92. The number of piperidine rings is 1. The van der Waals surface area contributed by atoms with Crippen molar-refractivity contribution in [2.45, 2.75) is 31.8 Å². The highest BCUT2D eigenvalue weighted by molar-refractivity contribution is 7.10. The molecule has 22 heavy (non-hydrogen) atoms. The fourth-order valence-corrected chi connectivity index (χ4v) is 3.66. The van der Waals surface area contributed by atoms with E-state index in [1.54, 1.807) is 17.4 Å². The normalized spacial score (nSPS) is 23.3. The van der Waals surface area contributed by atoms with Crippen molar-refractivity contribution in [3.8, 4) is 0 Å². The average molecular weight is 320 g/mol. The molecule has 2 saturated heterocycles. The van der Waals surface area contributed by atoms with Crippen LogP contribution >= 0.6 is 11.3 Å². The van der Waals surface area contributed by atoms with Gasteiger partial charge in [0.1, 0.15) is 6.61 Å². The molecule has 1 unspecified atom stereocenters. The standard InChI is InChI=1S/C16H20N2O3S/c1-12-11-21-16(20)18(12)13-6-8-17(9-7-13)15(19)5-4-14-3-2-10-22-14/h2-5,10,12-13H,6-9,11H2,1H3/b5-4+. The topological polar surface area (TPSA) is 49.9 Å². The van der Waals surface area contributed by atoms with Crippen LogP contribution in [0.5, 0.6) is 0 Å². The van der Waals surface area contributed by atoms with Crippen LogP contribution in [-0.4, -0.2) is 53.6 Å². The maximum absolute atomic E-state index is 12.2. The highest BCUT2D eigenvalue weighted by Crippen LogP contribution is 2.23. The minimum absolute atomic E-state index is 0.0453. The number of cyclic esters (lactones) is 1. The first kappa shape index (κ1) is 15.1. The second-order valence-electron chi connectivity index (χ2n) is 5.74. The first-order valence-corrected chi connectivity index (χ1v) is 8.48. The van der Waals surface area contributed by atoms with E-state index in [-0.39, 0.29) is 24.1 Å². The zero-order valence-electron chi connectivity index (χ0n) is 12.6. The first-order chi connectivity index (χ1) is 10.6.